The van der Waals surface area contributed by atoms with E-state index in [0.29, 0.717) is 15.8 Å². The standard InChI is InChI=1S/C26H19N3O7S/c1-35-16-6-3-7-17(36-2)19(16)22(30)20-21(14-5-4-10-27-12-14)29(24(32)23(20)31)26-28-15-9-8-13(25(33)34)11-18(15)37-26/h3-12,21,30H,1-2H3,(H,33,34)/b22-20+. The minimum atomic E-state index is -1.10. The number of carboxylic acid groups (broad SMARTS) is 1. The quantitative estimate of drug-likeness (QED) is 0.220. The van der Waals surface area contributed by atoms with E-state index in [1.54, 1.807) is 36.5 Å². The van der Waals surface area contributed by atoms with Crippen LogP contribution < -0.4 is 14.4 Å². The van der Waals surface area contributed by atoms with E-state index in [9.17, 15) is 24.6 Å². The lowest BCUT2D eigenvalue weighted by Gasteiger charge is -2.23. The number of amides is 1. The first-order chi connectivity index (χ1) is 17.8. The fraction of sp³-hybridized carbons (Fsp3) is 0.115. The van der Waals surface area contributed by atoms with Gasteiger partial charge in [-0.25, -0.2) is 9.78 Å². The normalized spacial score (nSPS) is 16.8. The molecule has 0 radical (unpaired) electrons. The van der Waals surface area contributed by atoms with Crippen LogP contribution in [0.15, 0.2) is 66.5 Å². The third kappa shape index (κ3) is 3.95. The number of carboxylic acids is 1. The van der Waals surface area contributed by atoms with Crippen LogP contribution in [0.25, 0.3) is 16.0 Å². The van der Waals surface area contributed by atoms with E-state index in [1.165, 1.54) is 43.5 Å². The minimum Gasteiger partial charge on any atom is -0.506 e. The highest BCUT2D eigenvalue weighted by Crippen LogP contribution is 2.46. The predicted molar refractivity (Wildman–Crippen MR) is 135 cm³/mol. The van der Waals surface area contributed by atoms with Crippen molar-refractivity contribution >= 4 is 50.1 Å². The molecule has 0 saturated carbocycles. The Kier molecular flexibility index (Phi) is 6.06. The number of aliphatic hydroxyl groups is 1. The van der Waals surface area contributed by atoms with Crippen molar-refractivity contribution in [1.29, 1.82) is 0 Å². The molecule has 1 aliphatic heterocycles. The van der Waals surface area contributed by atoms with Crippen molar-refractivity contribution < 1.29 is 34.1 Å². The summed E-state index contributed by atoms with van der Waals surface area (Å²) in [6, 6.07) is 11.5. The third-order valence-corrected chi connectivity index (χ3v) is 6.96. The number of anilines is 1. The largest absolute Gasteiger partial charge is 0.506 e. The average Bonchev–Trinajstić information content (AvgIpc) is 3.45. The van der Waals surface area contributed by atoms with Gasteiger partial charge in [-0.05, 0) is 42.0 Å². The molecule has 1 fully saturated rings. The Morgan fingerprint density at radius 2 is 1.76 bits per heavy atom. The van der Waals surface area contributed by atoms with Gasteiger partial charge in [0.05, 0.1) is 41.6 Å². The Morgan fingerprint density at radius 1 is 1.03 bits per heavy atom. The van der Waals surface area contributed by atoms with Crippen molar-refractivity contribution in [2.45, 2.75) is 6.04 Å². The number of pyridine rings is 1. The van der Waals surface area contributed by atoms with Crippen LogP contribution in [0.3, 0.4) is 0 Å². The maximum atomic E-state index is 13.4. The number of benzene rings is 2. The number of ether oxygens (including phenoxy) is 2. The van der Waals surface area contributed by atoms with Crippen LogP contribution >= 0.6 is 11.3 Å². The van der Waals surface area contributed by atoms with E-state index in [4.69, 9.17) is 9.47 Å². The number of aromatic nitrogens is 2. The Labute approximate surface area is 214 Å². The van der Waals surface area contributed by atoms with E-state index in [2.05, 4.69) is 9.97 Å². The molecule has 1 unspecified atom stereocenters. The van der Waals surface area contributed by atoms with Gasteiger partial charge in [-0.3, -0.25) is 19.5 Å². The zero-order chi connectivity index (χ0) is 26.3. The molecule has 0 bridgehead atoms. The summed E-state index contributed by atoms with van der Waals surface area (Å²) in [5, 5.41) is 21.0. The molecule has 1 atom stereocenters. The minimum absolute atomic E-state index is 0.0665. The molecule has 2 N–H and O–H groups in total. The Hall–Kier alpha value is -4.77. The summed E-state index contributed by atoms with van der Waals surface area (Å²) in [5.41, 5.74) is 0.920. The summed E-state index contributed by atoms with van der Waals surface area (Å²) in [4.78, 5) is 48.1. The van der Waals surface area contributed by atoms with E-state index >= 15 is 0 Å². The van der Waals surface area contributed by atoms with Gasteiger partial charge >= 0.3 is 11.9 Å². The summed E-state index contributed by atoms with van der Waals surface area (Å²) in [6.45, 7) is 0. The number of carbonyl (C=O) groups excluding carboxylic acids is 2. The van der Waals surface area contributed by atoms with Crippen LogP contribution in [0.5, 0.6) is 11.5 Å². The molecule has 1 saturated heterocycles. The van der Waals surface area contributed by atoms with Gasteiger partial charge in [0.15, 0.2) is 5.13 Å². The van der Waals surface area contributed by atoms with Crippen LogP contribution in [0.1, 0.15) is 27.5 Å². The molecular formula is C26H19N3O7S. The van der Waals surface area contributed by atoms with Gasteiger partial charge in [0, 0.05) is 12.4 Å². The molecule has 4 aromatic rings. The summed E-state index contributed by atoms with van der Waals surface area (Å²) < 4.78 is 11.3. The topological polar surface area (TPSA) is 139 Å². The maximum absolute atomic E-state index is 13.4. The van der Waals surface area contributed by atoms with Crippen LogP contribution in [-0.2, 0) is 9.59 Å². The van der Waals surface area contributed by atoms with Gasteiger partial charge in [0.2, 0.25) is 0 Å². The second kappa shape index (κ2) is 9.36. The average molecular weight is 518 g/mol. The van der Waals surface area contributed by atoms with Gasteiger partial charge in [-0.2, -0.15) is 0 Å². The lowest BCUT2D eigenvalue weighted by atomic mass is 9.95. The highest BCUT2D eigenvalue weighted by atomic mass is 32.1. The van der Waals surface area contributed by atoms with Crippen LogP contribution in [-0.4, -0.2) is 52.1 Å². The van der Waals surface area contributed by atoms with Crippen LogP contribution in [0.2, 0.25) is 0 Å². The fourth-order valence-electron chi connectivity index (χ4n) is 4.25. The Balaban J connectivity index is 1.75. The number of carbonyl (C=O) groups is 3. The lowest BCUT2D eigenvalue weighted by molar-refractivity contribution is -0.132. The van der Waals surface area contributed by atoms with Crippen LogP contribution in [0, 0.1) is 0 Å². The Morgan fingerprint density at radius 3 is 2.38 bits per heavy atom. The van der Waals surface area contributed by atoms with Gasteiger partial charge < -0.3 is 19.7 Å². The lowest BCUT2D eigenvalue weighted by Crippen LogP contribution is -2.29. The molecule has 0 spiro atoms. The van der Waals surface area contributed by atoms with Crippen molar-refractivity contribution in [1.82, 2.24) is 9.97 Å². The van der Waals surface area contributed by atoms with Crippen molar-refractivity contribution in [2.24, 2.45) is 0 Å². The first-order valence-corrected chi connectivity index (χ1v) is 11.7. The number of hydrogen-bond donors (Lipinski definition) is 2. The summed E-state index contributed by atoms with van der Waals surface area (Å²) in [7, 11) is 2.82. The van der Waals surface area contributed by atoms with Crippen molar-refractivity contribution in [2.75, 3.05) is 19.1 Å². The molecule has 3 heterocycles. The first-order valence-electron chi connectivity index (χ1n) is 10.9. The van der Waals surface area contributed by atoms with E-state index in [0.717, 1.165) is 11.3 Å². The highest BCUT2D eigenvalue weighted by molar-refractivity contribution is 7.22. The SMILES string of the molecule is COc1cccc(OC)c1/C(O)=C1\C(=O)C(=O)N(c2nc3ccc(C(=O)O)cc3s2)C1c1cccnc1. The summed E-state index contributed by atoms with van der Waals surface area (Å²) in [6.07, 6.45) is 3.04. The fourth-order valence-corrected chi connectivity index (χ4v) is 5.28. The molecule has 2 aromatic heterocycles. The van der Waals surface area contributed by atoms with E-state index < -0.39 is 29.5 Å². The van der Waals surface area contributed by atoms with Crippen molar-refractivity contribution in [3.63, 3.8) is 0 Å². The number of nitrogens with zero attached hydrogens (tertiary/aromatic N) is 3. The zero-order valence-corrected chi connectivity index (χ0v) is 20.4. The molecule has 10 nitrogen and oxygen atoms in total. The number of fused-ring (bicyclic) bond motifs is 1. The monoisotopic (exact) mass is 517 g/mol. The predicted octanol–water partition coefficient (Wildman–Crippen LogP) is 4.03. The number of ketones is 1. The maximum Gasteiger partial charge on any atom is 0.335 e. The van der Waals surface area contributed by atoms with E-state index in [-0.39, 0.29) is 33.3 Å². The van der Waals surface area contributed by atoms with Gasteiger partial charge in [-0.15, -0.1) is 0 Å². The zero-order valence-electron chi connectivity index (χ0n) is 19.5. The number of thiazole rings is 1. The number of Topliss-reactive ketones (excluding diaryl/α,β-unsaturated/α-hetero) is 1. The molecule has 1 aliphatic rings. The van der Waals surface area contributed by atoms with Crippen molar-refractivity contribution in [3.8, 4) is 11.5 Å². The van der Waals surface area contributed by atoms with Gasteiger partial charge in [0.25, 0.3) is 5.78 Å². The summed E-state index contributed by atoms with van der Waals surface area (Å²) >= 11 is 1.06. The van der Waals surface area contributed by atoms with Crippen molar-refractivity contribution in [3.05, 3.63) is 83.2 Å². The number of aromatic carboxylic acids is 1. The van der Waals surface area contributed by atoms with E-state index in [1.807, 2.05) is 0 Å². The van der Waals surface area contributed by atoms with Crippen LogP contribution in [0.4, 0.5) is 5.13 Å². The summed E-state index contributed by atoms with van der Waals surface area (Å²) in [5.74, 6) is -2.91. The second-order valence-corrected chi connectivity index (χ2v) is 8.99. The molecule has 11 heteroatoms. The number of hydrogen-bond acceptors (Lipinski definition) is 9. The third-order valence-electron chi connectivity index (χ3n) is 5.94. The Bertz CT molecular complexity index is 1570. The number of methoxy groups -OCH3 is 2. The molecule has 2 aromatic carbocycles. The highest BCUT2D eigenvalue weighted by Gasteiger charge is 2.48. The number of rotatable bonds is 6. The molecule has 37 heavy (non-hydrogen) atoms. The number of aliphatic hydroxyl groups excluding tert-OH is 1. The smallest absolute Gasteiger partial charge is 0.335 e. The van der Waals surface area contributed by atoms with Gasteiger partial charge in [0.1, 0.15) is 22.8 Å². The first kappa shape index (κ1) is 23.9. The molecular weight excluding hydrogens is 498 g/mol. The molecule has 186 valence electrons. The molecule has 0 aliphatic carbocycles. The second-order valence-electron chi connectivity index (χ2n) is 7.98. The molecule has 1 amide bonds. The van der Waals surface area contributed by atoms with Gasteiger partial charge in [-0.1, -0.05) is 23.5 Å². The molecule has 5 rings (SSSR count).